The second-order valence-electron chi connectivity index (χ2n) is 4.85. The van der Waals surface area contributed by atoms with Crippen molar-refractivity contribution in [1.82, 2.24) is 0 Å². The molecular weight excluding hydrogens is 291 g/mol. The Balaban J connectivity index is 1.80. The molecule has 112 valence electrons. The van der Waals surface area contributed by atoms with Crippen LogP contribution in [0, 0.1) is 5.82 Å². The molecule has 0 aliphatic carbocycles. The first-order valence-electron chi connectivity index (χ1n) is 6.63. The Morgan fingerprint density at radius 1 is 0.952 bits per heavy atom. The van der Waals surface area contributed by atoms with E-state index in [1.54, 1.807) is 24.3 Å². The largest absolute Gasteiger partial charge is 0.342 e. The Hall–Kier alpha value is -1.76. The predicted octanol–water partition coefficient (Wildman–Crippen LogP) is 0.779. The van der Waals surface area contributed by atoms with Gasteiger partial charge in [-0.05, 0) is 29.8 Å². The highest BCUT2D eigenvalue weighted by molar-refractivity contribution is 7.89. The number of primary sulfonamides is 1. The van der Waals surface area contributed by atoms with Crippen LogP contribution in [-0.2, 0) is 23.0 Å². The number of quaternary nitrogens is 1. The second kappa shape index (κ2) is 6.80. The van der Waals surface area contributed by atoms with Crippen LogP contribution >= 0.6 is 0 Å². The number of hydrogen-bond acceptors (Lipinski definition) is 2. The molecule has 0 saturated carbocycles. The van der Waals surface area contributed by atoms with E-state index in [2.05, 4.69) is 5.32 Å². The third kappa shape index (κ3) is 4.93. The topological polar surface area (TPSA) is 76.8 Å². The Morgan fingerprint density at radius 2 is 1.52 bits per heavy atom. The van der Waals surface area contributed by atoms with Crippen LogP contribution in [0.4, 0.5) is 4.39 Å². The van der Waals surface area contributed by atoms with Gasteiger partial charge in [-0.3, -0.25) is 0 Å². The molecule has 6 heteroatoms. The maximum absolute atomic E-state index is 12.8. The van der Waals surface area contributed by atoms with Gasteiger partial charge in [0.05, 0.1) is 11.4 Å². The van der Waals surface area contributed by atoms with Crippen molar-refractivity contribution in [3.05, 3.63) is 65.5 Å². The van der Waals surface area contributed by atoms with E-state index in [4.69, 9.17) is 5.14 Å². The average molecular weight is 309 g/mol. The Kier molecular flexibility index (Phi) is 5.06. The smallest absolute Gasteiger partial charge is 0.238 e. The highest BCUT2D eigenvalue weighted by atomic mass is 32.2. The molecule has 2 aromatic rings. The molecule has 2 aromatic carbocycles. The van der Waals surface area contributed by atoms with Crippen LogP contribution in [0.1, 0.15) is 11.1 Å². The third-order valence-corrected chi connectivity index (χ3v) is 4.11. The molecule has 0 atom stereocenters. The molecule has 0 aromatic heterocycles. The van der Waals surface area contributed by atoms with E-state index in [0.29, 0.717) is 0 Å². The summed E-state index contributed by atoms with van der Waals surface area (Å²) in [6, 6.07) is 13.0. The van der Waals surface area contributed by atoms with E-state index in [0.717, 1.165) is 30.6 Å². The summed E-state index contributed by atoms with van der Waals surface area (Å²) in [5.41, 5.74) is 2.12. The molecule has 21 heavy (non-hydrogen) atoms. The van der Waals surface area contributed by atoms with Gasteiger partial charge in [-0.25, -0.2) is 17.9 Å². The molecule has 0 radical (unpaired) electrons. The fourth-order valence-electron chi connectivity index (χ4n) is 2.00. The number of rotatable bonds is 6. The van der Waals surface area contributed by atoms with Gasteiger partial charge in [0.15, 0.2) is 0 Å². The van der Waals surface area contributed by atoms with Crippen molar-refractivity contribution in [1.29, 1.82) is 0 Å². The molecule has 0 heterocycles. The van der Waals surface area contributed by atoms with E-state index < -0.39 is 10.0 Å². The fourth-order valence-corrected chi connectivity index (χ4v) is 2.52. The minimum atomic E-state index is -3.62. The van der Waals surface area contributed by atoms with Crippen molar-refractivity contribution in [2.75, 3.05) is 6.54 Å². The highest BCUT2D eigenvalue weighted by Gasteiger charge is 2.06. The van der Waals surface area contributed by atoms with Crippen LogP contribution in [-0.4, -0.2) is 15.0 Å². The van der Waals surface area contributed by atoms with E-state index in [9.17, 15) is 12.8 Å². The number of sulfonamides is 1. The Labute approximate surface area is 123 Å². The van der Waals surface area contributed by atoms with Gasteiger partial charge >= 0.3 is 0 Å². The molecule has 4 N–H and O–H groups in total. The first-order chi connectivity index (χ1) is 9.95. The predicted molar refractivity (Wildman–Crippen MR) is 78.4 cm³/mol. The van der Waals surface area contributed by atoms with Crippen LogP contribution < -0.4 is 10.5 Å². The third-order valence-electron chi connectivity index (χ3n) is 3.18. The summed E-state index contributed by atoms with van der Waals surface area (Å²) in [6.45, 7) is 1.65. The van der Waals surface area contributed by atoms with Gasteiger partial charge in [0.1, 0.15) is 12.4 Å². The van der Waals surface area contributed by atoms with E-state index >= 15 is 0 Å². The van der Waals surface area contributed by atoms with E-state index in [-0.39, 0.29) is 10.7 Å². The van der Waals surface area contributed by atoms with Gasteiger partial charge in [0, 0.05) is 12.0 Å². The molecule has 4 nitrogen and oxygen atoms in total. The van der Waals surface area contributed by atoms with Crippen LogP contribution in [0.2, 0.25) is 0 Å². The Bertz CT molecular complexity index is 683. The molecule has 0 aliphatic heterocycles. The van der Waals surface area contributed by atoms with Gasteiger partial charge in [-0.2, -0.15) is 0 Å². The van der Waals surface area contributed by atoms with Gasteiger partial charge < -0.3 is 5.32 Å². The van der Waals surface area contributed by atoms with Crippen molar-refractivity contribution < 1.29 is 18.1 Å². The number of benzene rings is 2. The minimum absolute atomic E-state index is 0.126. The quantitative estimate of drug-likeness (QED) is 0.774. The summed E-state index contributed by atoms with van der Waals surface area (Å²) in [5, 5.41) is 7.17. The summed E-state index contributed by atoms with van der Waals surface area (Å²) in [5.74, 6) is -0.228. The van der Waals surface area contributed by atoms with Crippen LogP contribution in [0.3, 0.4) is 0 Å². The number of nitrogens with two attached hydrogens (primary N) is 2. The minimum Gasteiger partial charge on any atom is -0.342 e. The van der Waals surface area contributed by atoms with Crippen molar-refractivity contribution in [3.8, 4) is 0 Å². The van der Waals surface area contributed by atoms with Crippen molar-refractivity contribution in [2.24, 2.45) is 5.14 Å². The first-order valence-corrected chi connectivity index (χ1v) is 8.17. The van der Waals surface area contributed by atoms with Gasteiger partial charge in [0.25, 0.3) is 0 Å². The molecule has 0 saturated heterocycles. The molecule has 0 bridgehead atoms. The lowest BCUT2D eigenvalue weighted by Gasteiger charge is -2.04. The average Bonchev–Trinajstić information content (AvgIpc) is 2.45. The van der Waals surface area contributed by atoms with E-state index in [1.165, 1.54) is 24.3 Å². The van der Waals surface area contributed by atoms with Crippen molar-refractivity contribution >= 4 is 10.0 Å². The van der Waals surface area contributed by atoms with E-state index in [1.807, 2.05) is 0 Å². The zero-order valence-electron chi connectivity index (χ0n) is 11.5. The first kappa shape index (κ1) is 15.6. The fraction of sp³-hybridized carbons (Fsp3) is 0.200. The lowest BCUT2D eigenvalue weighted by Crippen LogP contribution is -2.83. The van der Waals surface area contributed by atoms with Gasteiger partial charge in [-0.15, -0.1) is 0 Å². The van der Waals surface area contributed by atoms with Crippen molar-refractivity contribution in [2.45, 2.75) is 17.9 Å². The zero-order chi connectivity index (χ0) is 15.3. The SMILES string of the molecule is NS(=O)(=O)c1ccc(CC[NH2+]Cc2ccc(F)cc2)cc1. The van der Waals surface area contributed by atoms with Gasteiger partial charge in [-0.1, -0.05) is 24.3 Å². The summed E-state index contributed by atoms with van der Waals surface area (Å²) in [7, 11) is -3.62. The molecule has 0 fully saturated rings. The summed E-state index contributed by atoms with van der Waals surface area (Å²) < 4.78 is 35.0. The van der Waals surface area contributed by atoms with Gasteiger partial charge in [0.2, 0.25) is 10.0 Å². The molecule has 0 amide bonds. The maximum Gasteiger partial charge on any atom is 0.238 e. The molecule has 0 unspecified atom stereocenters. The summed E-state index contributed by atoms with van der Waals surface area (Å²) in [4.78, 5) is 0.126. The van der Waals surface area contributed by atoms with Crippen LogP contribution in [0.15, 0.2) is 53.4 Å². The molecular formula is C15H18FN2O2S+. The zero-order valence-corrected chi connectivity index (χ0v) is 12.3. The highest BCUT2D eigenvalue weighted by Crippen LogP contribution is 2.08. The Morgan fingerprint density at radius 3 is 2.10 bits per heavy atom. The lowest BCUT2D eigenvalue weighted by atomic mass is 10.1. The summed E-state index contributed by atoms with van der Waals surface area (Å²) in [6.07, 6.45) is 0.825. The second-order valence-corrected chi connectivity index (χ2v) is 6.41. The normalized spacial score (nSPS) is 11.5. The summed E-state index contributed by atoms with van der Waals surface area (Å²) >= 11 is 0. The lowest BCUT2D eigenvalue weighted by molar-refractivity contribution is -0.670. The standard InChI is InChI=1S/C15H17FN2O2S/c16-14-5-1-13(2-6-14)11-18-10-9-12-3-7-15(8-4-12)21(17,19)20/h1-8,18H,9-11H2,(H2,17,19,20)/p+1. The molecule has 0 aliphatic rings. The van der Waals surface area contributed by atoms with Crippen molar-refractivity contribution in [3.63, 3.8) is 0 Å². The molecule has 0 spiro atoms. The monoisotopic (exact) mass is 309 g/mol. The number of hydrogen-bond donors (Lipinski definition) is 2. The van der Waals surface area contributed by atoms with Crippen LogP contribution in [0.5, 0.6) is 0 Å². The van der Waals surface area contributed by atoms with Crippen LogP contribution in [0.25, 0.3) is 0 Å². The number of halogens is 1. The molecule has 2 rings (SSSR count). The maximum atomic E-state index is 12.8.